The standard InChI is InChI=1S/C35H52O8/c1-9-22(4)30-24(6)17-29(36)34(43-30)19-27-18-26(42-34)14-13-21(3)15-20(2)11-10-12-25(7)35(39)28(33(38)41-27)16-23(5)31(40-8)32(35)37/h9-13,16,20,24,26-32,36-37,39H,14-15,17-19H2,1-8H3/b11-10-,21-13-,22-9+,25-12-/t20-,24-,26+,27-,28-,29+,30+,31+,32+,34-,35+/m0/s1. The summed E-state index contributed by atoms with van der Waals surface area (Å²) in [5, 5.41) is 35.0. The molecule has 1 spiro atoms. The van der Waals surface area contributed by atoms with Gasteiger partial charge in [-0.05, 0) is 82.4 Å². The SMILES string of the molecule is C/C=C(\C)[C@H]1O[C@@]2(C[C@@H]3C[C@@H](C/C=C(/C)C[C@@H](C)/C=C\C=C(\C)[C@]4(O)[C@H](O)[C@H](OC)C(C)=C[C@H]4C(=O)O3)O2)[C@H](O)C[C@@H]1C. The summed E-state index contributed by atoms with van der Waals surface area (Å²) in [6.45, 7) is 13.7. The minimum absolute atomic E-state index is 0.0827. The van der Waals surface area contributed by atoms with Gasteiger partial charge in [-0.2, -0.15) is 0 Å². The molecule has 2 fully saturated rings. The molecule has 3 N–H and O–H groups in total. The Kier molecular flexibility index (Phi) is 10.6. The van der Waals surface area contributed by atoms with E-state index >= 15 is 0 Å². The molecule has 0 aromatic rings. The van der Waals surface area contributed by atoms with Crippen molar-refractivity contribution < 1.29 is 39.1 Å². The van der Waals surface area contributed by atoms with Crippen molar-refractivity contribution in [2.75, 3.05) is 7.11 Å². The number of carbonyl (C=O) groups is 1. The van der Waals surface area contributed by atoms with Crippen molar-refractivity contribution in [1.29, 1.82) is 0 Å². The van der Waals surface area contributed by atoms with Crippen LogP contribution in [0.3, 0.4) is 0 Å². The molecule has 4 aliphatic rings. The van der Waals surface area contributed by atoms with Gasteiger partial charge in [-0.15, -0.1) is 0 Å². The number of carbonyl (C=O) groups excluding carboxylic acids is 1. The van der Waals surface area contributed by atoms with Gasteiger partial charge in [0.05, 0.1) is 12.2 Å². The number of methoxy groups -OCH3 is 1. The summed E-state index contributed by atoms with van der Waals surface area (Å²) in [6.07, 6.45) is 9.65. The molecule has 3 heterocycles. The quantitative estimate of drug-likeness (QED) is 0.297. The van der Waals surface area contributed by atoms with E-state index in [0.717, 1.165) is 12.0 Å². The molecule has 0 unspecified atom stereocenters. The number of hydrogen-bond donors (Lipinski definition) is 3. The average Bonchev–Trinajstić information content (AvgIpc) is 2.95. The van der Waals surface area contributed by atoms with Crippen molar-refractivity contribution >= 4 is 5.97 Å². The fourth-order valence-electron chi connectivity index (χ4n) is 7.31. The molecule has 0 radical (unpaired) electrons. The molecular weight excluding hydrogens is 548 g/mol. The van der Waals surface area contributed by atoms with Gasteiger partial charge in [0.2, 0.25) is 0 Å². The van der Waals surface area contributed by atoms with Crippen LogP contribution in [0.15, 0.2) is 58.7 Å². The third-order valence-electron chi connectivity index (χ3n) is 9.93. The molecule has 0 saturated carbocycles. The molecule has 11 atom stereocenters. The highest BCUT2D eigenvalue weighted by Crippen LogP contribution is 2.46. The van der Waals surface area contributed by atoms with Crippen LogP contribution < -0.4 is 0 Å². The van der Waals surface area contributed by atoms with Gasteiger partial charge in [0.1, 0.15) is 35.9 Å². The maximum Gasteiger partial charge on any atom is 0.316 e. The summed E-state index contributed by atoms with van der Waals surface area (Å²) in [5.41, 5.74) is 1.38. The Morgan fingerprint density at radius 2 is 1.84 bits per heavy atom. The van der Waals surface area contributed by atoms with Crippen LogP contribution in [0, 0.1) is 17.8 Å². The predicted octanol–water partition coefficient (Wildman–Crippen LogP) is 5.09. The molecule has 0 aromatic carbocycles. The van der Waals surface area contributed by atoms with Crippen LogP contribution in [0.1, 0.15) is 80.6 Å². The van der Waals surface area contributed by atoms with Gasteiger partial charge in [0, 0.05) is 20.0 Å². The first-order valence-corrected chi connectivity index (χ1v) is 15.7. The minimum atomic E-state index is -1.95. The van der Waals surface area contributed by atoms with Crippen molar-refractivity contribution in [2.45, 2.75) is 129 Å². The van der Waals surface area contributed by atoms with Crippen LogP contribution in [0.5, 0.6) is 0 Å². The zero-order chi connectivity index (χ0) is 31.7. The topological polar surface area (TPSA) is 115 Å². The predicted molar refractivity (Wildman–Crippen MR) is 165 cm³/mol. The number of aliphatic hydroxyl groups excluding tert-OH is 2. The monoisotopic (exact) mass is 600 g/mol. The van der Waals surface area contributed by atoms with E-state index in [1.54, 1.807) is 26.0 Å². The number of ether oxygens (including phenoxy) is 4. The number of fused-ring (bicyclic) bond motifs is 3. The molecule has 2 saturated heterocycles. The second-order valence-electron chi connectivity index (χ2n) is 13.4. The summed E-state index contributed by atoms with van der Waals surface area (Å²) >= 11 is 0. The Balaban J connectivity index is 1.78. The Labute approximate surface area is 257 Å². The Morgan fingerprint density at radius 1 is 1.12 bits per heavy atom. The molecule has 240 valence electrons. The molecule has 43 heavy (non-hydrogen) atoms. The Morgan fingerprint density at radius 3 is 2.51 bits per heavy atom. The summed E-state index contributed by atoms with van der Waals surface area (Å²) < 4.78 is 25.0. The Bertz CT molecular complexity index is 1180. The lowest BCUT2D eigenvalue weighted by Gasteiger charge is -2.52. The second-order valence-corrected chi connectivity index (χ2v) is 13.4. The molecule has 8 nitrogen and oxygen atoms in total. The lowest BCUT2D eigenvalue weighted by atomic mass is 9.69. The van der Waals surface area contributed by atoms with Crippen LogP contribution in [0.4, 0.5) is 0 Å². The highest BCUT2D eigenvalue weighted by Gasteiger charge is 2.57. The number of rotatable bonds is 2. The van der Waals surface area contributed by atoms with E-state index in [0.29, 0.717) is 30.4 Å². The average molecular weight is 601 g/mol. The van der Waals surface area contributed by atoms with Crippen molar-refractivity contribution in [3.8, 4) is 0 Å². The molecule has 2 bridgehead atoms. The Hall–Kier alpha value is -2.07. The smallest absolute Gasteiger partial charge is 0.316 e. The van der Waals surface area contributed by atoms with Crippen molar-refractivity contribution in [3.63, 3.8) is 0 Å². The largest absolute Gasteiger partial charge is 0.462 e. The summed E-state index contributed by atoms with van der Waals surface area (Å²) in [5.74, 6) is -2.86. The highest BCUT2D eigenvalue weighted by atomic mass is 16.7. The molecule has 0 amide bonds. The zero-order valence-electron chi connectivity index (χ0n) is 27.1. The lowest BCUT2D eigenvalue weighted by molar-refractivity contribution is -0.363. The third-order valence-corrected chi connectivity index (χ3v) is 9.93. The van der Waals surface area contributed by atoms with Crippen molar-refractivity contribution in [3.05, 3.63) is 58.7 Å². The van der Waals surface area contributed by atoms with Gasteiger partial charge in [-0.1, -0.05) is 55.9 Å². The summed E-state index contributed by atoms with van der Waals surface area (Å²) in [4.78, 5) is 14.0. The molecular formula is C35H52O8. The van der Waals surface area contributed by atoms with E-state index in [4.69, 9.17) is 18.9 Å². The van der Waals surface area contributed by atoms with Crippen LogP contribution in [-0.4, -0.2) is 76.4 Å². The van der Waals surface area contributed by atoms with E-state index in [-0.39, 0.29) is 30.5 Å². The zero-order valence-corrected chi connectivity index (χ0v) is 27.1. The first-order chi connectivity index (χ1) is 20.2. The maximum atomic E-state index is 14.0. The molecule has 0 aromatic heterocycles. The maximum absolute atomic E-state index is 14.0. The summed E-state index contributed by atoms with van der Waals surface area (Å²) in [7, 11) is 1.47. The lowest BCUT2D eigenvalue weighted by Crippen LogP contribution is -2.62. The van der Waals surface area contributed by atoms with Gasteiger partial charge in [0.25, 0.3) is 0 Å². The van der Waals surface area contributed by atoms with Gasteiger partial charge >= 0.3 is 5.97 Å². The summed E-state index contributed by atoms with van der Waals surface area (Å²) in [6, 6.07) is 0. The number of esters is 1. The fraction of sp³-hybridized carbons (Fsp3) is 0.686. The van der Waals surface area contributed by atoms with Gasteiger partial charge in [-0.25, -0.2) is 0 Å². The van der Waals surface area contributed by atoms with Crippen LogP contribution in [0.2, 0.25) is 0 Å². The van der Waals surface area contributed by atoms with Gasteiger partial charge < -0.3 is 34.3 Å². The van der Waals surface area contributed by atoms with Crippen molar-refractivity contribution in [2.24, 2.45) is 17.8 Å². The number of aliphatic hydroxyl groups is 3. The van der Waals surface area contributed by atoms with Crippen LogP contribution in [-0.2, 0) is 23.7 Å². The minimum Gasteiger partial charge on any atom is -0.462 e. The van der Waals surface area contributed by atoms with E-state index in [1.165, 1.54) is 12.7 Å². The first-order valence-electron chi connectivity index (χ1n) is 15.7. The van der Waals surface area contributed by atoms with E-state index in [9.17, 15) is 20.1 Å². The third kappa shape index (κ3) is 6.80. The fourth-order valence-corrected chi connectivity index (χ4v) is 7.31. The second kappa shape index (κ2) is 13.5. The van der Waals surface area contributed by atoms with Crippen molar-refractivity contribution in [1.82, 2.24) is 0 Å². The molecule has 1 aliphatic carbocycles. The van der Waals surface area contributed by atoms with Gasteiger partial charge in [-0.3, -0.25) is 4.79 Å². The first kappa shape index (κ1) is 33.8. The van der Waals surface area contributed by atoms with E-state index in [1.807, 2.05) is 32.1 Å². The molecule has 4 rings (SSSR count). The number of hydrogen-bond acceptors (Lipinski definition) is 8. The van der Waals surface area contributed by atoms with E-state index in [2.05, 4.69) is 26.8 Å². The molecule has 8 heteroatoms. The van der Waals surface area contributed by atoms with E-state index < -0.39 is 47.7 Å². The van der Waals surface area contributed by atoms with Crippen LogP contribution >= 0.6 is 0 Å². The number of allylic oxidation sites excluding steroid dienone is 5. The van der Waals surface area contributed by atoms with Crippen LogP contribution in [0.25, 0.3) is 0 Å². The van der Waals surface area contributed by atoms with Gasteiger partial charge in [0.15, 0.2) is 5.79 Å². The normalized spacial score (nSPS) is 46.5. The molecule has 3 aliphatic heterocycles. The highest BCUT2D eigenvalue weighted by molar-refractivity contribution is 5.78.